The zero-order valence-electron chi connectivity index (χ0n) is 10.4. The second-order valence-electron chi connectivity index (χ2n) is 4.51. The third-order valence-corrected chi connectivity index (χ3v) is 2.77. The number of carboxylic acids is 2. The van der Waals surface area contributed by atoms with Crippen molar-refractivity contribution < 1.29 is 19.8 Å². The van der Waals surface area contributed by atoms with Crippen molar-refractivity contribution >= 4 is 11.9 Å². The largest absolute Gasteiger partial charge is 0.481 e. The van der Waals surface area contributed by atoms with Gasteiger partial charge in [0.05, 0.1) is 5.92 Å². The number of rotatable bonds is 5. The topological polar surface area (TPSA) is 101 Å². The van der Waals surface area contributed by atoms with Crippen molar-refractivity contribution in [2.45, 2.75) is 26.3 Å². The lowest BCUT2D eigenvalue weighted by molar-refractivity contribution is -0.149. The molecule has 1 aromatic carbocycles. The van der Waals surface area contributed by atoms with E-state index in [1.807, 2.05) is 32.0 Å². The summed E-state index contributed by atoms with van der Waals surface area (Å²) in [5.41, 5.74) is 8.22. The molecule has 0 aliphatic carbocycles. The molecule has 5 heteroatoms. The average Bonchev–Trinajstić information content (AvgIpc) is 2.23. The third-order valence-electron chi connectivity index (χ3n) is 2.77. The molecule has 0 saturated heterocycles. The van der Waals surface area contributed by atoms with Gasteiger partial charge in [0.1, 0.15) is 6.04 Å². The van der Waals surface area contributed by atoms with E-state index in [0.29, 0.717) is 0 Å². The number of hydrogen-bond acceptors (Lipinski definition) is 3. The molecular weight excluding hydrogens is 234 g/mol. The summed E-state index contributed by atoms with van der Waals surface area (Å²) in [5.74, 6) is -3.61. The number of carbonyl (C=O) groups is 2. The molecular formula is C13H17NO4. The van der Waals surface area contributed by atoms with Crippen molar-refractivity contribution in [2.75, 3.05) is 0 Å². The van der Waals surface area contributed by atoms with E-state index >= 15 is 0 Å². The van der Waals surface area contributed by atoms with Crippen LogP contribution in [0.5, 0.6) is 0 Å². The van der Waals surface area contributed by atoms with E-state index in [2.05, 4.69) is 0 Å². The Balaban J connectivity index is 2.96. The van der Waals surface area contributed by atoms with Crippen molar-refractivity contribution in [1.82, 2.24) is 0 Å². The molecule has 1 aromatic rings. The lowest BCUT2D eigenvalue weighted by atomic mass is 9.91. The van der Waals surface area contributed by atoms with Crippen LogP contribution in [0.4, 0.5) is 0 Å². The zero-order valence-corrected chi connectivity index (χ0v) is 10.4. The minimum Gasteiger partial charge on any atom is -0.481 e. The van der Waals surface area contributed by atoms with Gasteiger partial charge < -0.3 is 15.9 Å². The minimum absolute atomic E-state index is 0.116. The maximum absolute atomic E-state index is 11.1. The summed E-state index contributed by atoms with van der Waals surface area (Å²) in [5, 5.41) is 17.8. The molecule has 18 heavy (non-hydrogen) atoms. The first-order valence-corrected chi connectivity index (χ1v) is 5.59. The van der Waals surface area contributed by atoms with Crippen molar-refractivity contribution in [3.63, 3.8) is 0 Å². The van der Waals surface area contributed by atoms with E-state index in [4.69, 9.17) is 15.9 Å². The molecule has 0 radical (unpaired) electrons. The van der Waals surface area contributed by atoms with Gasteiger partial charge in [-0.05, 0) is 25.8 Å². The number of carboxylic acid groups (broad SMARTS) is 2. The molecule has 98 valence electrons. The fourth-order valence-corrected chi connectivity index (χ4v) is 1.98. The number of aliphatic carboxylic acids is 2. The van der Waals surface area contributed by atoms with Crippen LogP contribution in [0.1, 0.15) is 16.7 Å². The number of benzene rings is 1. The average molecular weight is 251 g/mol. The Morgan fingerprint density at radius 2 is 1.61 bits per heavy atom. The normalized spacial score (nSPS) is 13.9. The van der Waals surface area contributed by atoms with Crippen molar-refractivity contribution in [3.8, 4) is 0 Å². The van der Waals surface area contributed by atoms with Crippen molar-refractivity contribution in [3.05, 3.63) is 34.9 Å². The fourth-order valence-electron chi connectivity index (χ4n) is 1.98. The highest BCUT2D eigenvalue weighted by molar-refractivity contribution is 5.82. The van der Waals surface area contributed by atoms with Gasteiger partial charge in [-0.3, -0.25) is 9.59 Å². The third kappa shape index (κ3) is 3.56. The van der Waals surface area contributed by atoms with Gasteiger partial charge in [0.15, 0.2) is 0 Å². The Labute approximate surface area is 105 Å². The smallest absolute Gasteiger partial charge is 0.321 e. The lowest BCUT2D eigenvalue weighted by Crippen LogP contribution is -2.43. The molecule has 0 spiro atoms. The molecule has 2 atom stereocenters. The monoisotopic (exact) mass is 251 g/mol. The second kappa shape index (κ2) is 5.64. The number of nitrogens with two attached hydrogens (primary N) is 1. The van der Waals surface area contributed by atoms with E-state index < -0.39 is 23.9 Å². The summed E-state index contributed by atoms with van der Waals surface area (Å²) in [4.78, 5) is 21.9. The molecule has 0 aliphatic rings. The maximum Gasteiger partial charge on any atom is 0.321 e. The fraction of sp³-hybridized carbons (Fsp3) is 0.385. The maximum atomic E-state index is 11.1. The van der Waals surface area contributed by atoms with Gasteiger partial charge in [-0.25, -0.2) is 0 Å². The lowest BCUT2D eigenvalue weighted by Gasteiger charge is -2.17. The Kier molecular flexibility index (Phi) is 4.44. The van der Waals surface area contributed by atoms with E-state index in [1.54, 1.807) is 0 Å². The molecule has 0 bridgehead atoms. The van der Waals surface area contributed by atoms with E-state index in [9.17, 15) is 9.59 Å². The minimum atomic E-state index is -1.40. The van der Waals surface area contributed by atoms with Crippen LogP contribution in [0, 0.1) is 19.8 Å². The molecule has 4 N–H and O–H groups in total. The zero-order chi connectivity index (χ0) is 13.9. The van der Waals surface area contributed by atoms with Crippen LogP contribution in [-0.2, 0) is 16.0 Å². The number of hydrogen-bond donors (Lipinski definition) is 3. The Hall–Kier alpha value is -1.88. The van der Waals surface area contributed by atoms with Crippen molar-refractivity contribution in [1.29, 1.82) is 0 Å². The Morgan fingerprint density at radius 1 is 1.11 bits per heavy atom. The van der Waals surface area contributed by atoms with Gasteiger partial charge in [-0.15, -0.1) is 0 Å². The quantitative estimate of drug-likeness (QED) is 0.723. The Bertz CT molecular complexity index is 450. The standard InChI is InChI=1S/C13H17NO4/c1-7-3-8(2)5-9(4-7)6-10(12(15)16)11(14)13(17)18/h3-5,10-11H,6,14H2,1-2H3,(H,15,16)(H,17,18)/t10-,11+/m1/s1. The van der Waals surface area contributed by atoms with Gasteiger partial charge in [-0.1, -0.05) is 29.3 Å². The molecule has 0 fully saturated rings. The summed E-state index contributed by atoms with van der Waals surface area (Å²) >= 11 is 0. The second-order valence-corrected chi connectivity index (χ2v) is 4.51. The molecule has 1 rings (SSSR count). The summed E-state index contributed by atoms with van der Waals surface area (Å²) < 4.78 is 0. The van der Waals surface area contributed by atoms with Crippen LogP contribution in [0.25, 0.3) is 0 Å². The van der Waals surface area contributed by atoms with Gasteiger partial charge in [0.25, 0.3) is 0 Å². The highest BCUT2D eigenvalue weighted by Crippen LogP contribution is 2.16. The predicted molar refractivity (Wildman–Crippen MR) is 66.4 cm³/mol. The molecule has 0 heterocycles. The molecule has 0 saturated carbocycles. The van der Waals surface area contributed by atoms with Gasteiger partial charge in [0.2, 0.25) is 0 Å². The van der Waals surface area contributed by atoms with E-state index in [0.717, 1.165) is 16.7 Å². The molecule has 0 aliphatic heterocycles. The molecule has 0 amide bonds. The first-order chi connectivity index (χ1) is 8.31. The van der Waals surface area contributed by atoms with Crippen LogP contribution in [0.15, 0.2) is 18.2 Å². The highest BCUT2D eigenvalue weighted by Gasteiger charge is 2.30. The number of aryl methyl sites for hydroxylation is 2. The highest BCUT2D eigenvalue weighted by atomic mass is 16.4. The van der Waals surface area contributed by atoms with E-state index in [-0.39, 0.29) is 6.42 Å². The van der Waals surface area contributed by atoms with E-state index in [1.165, 1.54) is 0 Å². The summed E-state index contributed by atoms with van der Waals surface area (Å²) in [6, 6.07) is 4.26. The first-order valence-electron chi connectivity index (χ1n) is 5.59. The summed E-state index contributed by atoms with van der Waals surface area (Å²) in [6.45, 7) is 3.81. The van der Waals surface area contributed by atoms with Crippen LogP contribution in [0.2, 0.25) is 0 Å². The molecule has 0 aromatic heterocycles. The van der Waals surface area contributed by atoms with Gasteiger partial charge in [0, 0.05) is 0 Å². The van der Waals surface area contributed by atoms with Crippen LogP contribution < -0.4 is 5.73 Å². The van der Waals surface area contributed by atoms with Crippen LogP contribution in [0.3, 0.4) is 0 Å². The summed E-state index contributed by atoms with van der Waals surface area (Å²) in [7, 11) is 0. The van der Waals surface area contributed by atoms with Gasteiger partial charge in [-0.2, -0.15) is 0 Å². The molecule has 0 unspecified atom stereocenters. The van der Waals surface area contributed by atoms with Crippen LogP contribution in [-0.4, -0.2) is 28.2 Å². The first kappa shape index (κ1) is 14.2. The predicted octanol–water partition coefficient (Wildman–Crippen LogP) is 0.959. The Morgan fingerprint density at radius 3 is 2.00 bits per heavy atom. The molecule has 5 nitrogen and oxygen atoms in total. The SMILES string of the molecule is Cc1cc(C)cc(C[C@@H](C(=O)O)[C@H](N)C(=O)O)c1. The van der Waals surface area contributed by atoms with Crippen LogP contribution >= 0.6 is 0 Å². The van der Waals surface area contributed by atoms with Gasteiger partial charge >= 0.3 is 11.9 Å². The van der Waals surface area contributed by atoms with Crippen molar-refractivity contribution in [2.24, 2.45) is 11.7 Å². The summed E-state index contributed by atoms with van der Waals surface area (Å²) in [6.07, 6.45) is 0.116.